The van der Waals surface area contributed by atoms with E-state index in [2.05, 4.69) is 4.90 Å². The van der Waals surface area contributed by atoms with E-state index in [-0.39, 0.29) is 23.6 Å². The quantitative estimate of drug-likeness (QED) is 0.839. The maximum atomic E-state index is 12.5. The molecule has 2 atom stereocenters. The van der Waals surface area contributed by atoms with Gasteiger partial charge in [0.05, 0.1) is 6.10 Å². The second-order valence-corrected chi connectivity index (χ2v) is 6.26. The molecule has 1 aliphatic carbocycles. The van der Waals surface area contributed by atoms with Gasteiger partial charge in [-0.15, -0.1) is 0 Å². The molecule has 1 N–H and O–H groups in total. The van der Waals surface area contributed by atoms with E-state index in [1.807, 2.05) is 0 Å². The lowest BCUT2D eigenvalue weighted by Gasteiger charge is -2.39. The fourth-order valence-corrected chi connectivity index (χ4v) is 3.47. The van der Waals surface area contributed by atoms with E-state index in [1.54, 1.807) is 24.2 Å². The number of hydrogen-bond acceptors (Lipinski definition) is 4. The van der Waals surface area contributed by atoms with Crippen molar-refractivity contribution in [2.75, 3.05) is 26.2 Å². The van der Waals surface area contributed by atoms with Crippen LogP contribution in [0.2, 0.25) is 0 Å². The summed E-state index contributed by atoms with van der Waals surface area (Å²) in [6.45, 7) is 2.88. The van der Waals surface area contributed by atoms with Crippen molar-refractivity contribution >= 4 is 5.91 Å². The second-order valence-electron chi connectivity index (χ2n) is 6.26. The summed E-state index contributed by atoms with van der Waals surface area (Å²) >= 11 is 0. The monoisotopic (exact) mass is 305 g/mol. The standard InChI is InChI=1S/C16H23N3O3/c1-17-6-5-12(11-15(17)21)16(22)19-9-7-18(8-10-19)13-3-2-4-14(13)20/h5-6,11,13-14,20H,2-4,7-10H2,1H3/t13-,14-/m1/s1. The molecule has 1 amide bonds. The minimum Gasteiger partial charge on any atom is -0.391 e. The molecule has 2 aliphatic rings. The molecule has 1 aromatic heterocycles. The van der Waals surface area contributed by atoms with Gasteiger partial charge in [0, 0.05) is 57.1 Å². The molecule has 120 valence electrons. The zero-order chi connectivity index (χ0) is 15.7. The summed E-state index contributed by atoms with van der Waals surface area (Å²) < 4.78 is 1.45. The summed E-state index contributed by atoms with van der Waals surface area (Å²) in [6, 6.07) is 3.34. The smallest absolute Gasteiger partial charge is 0.254 e. The van der Waals surface area contributed by atoms with Crippen LogP contribution in [0.15, 0.2) is 23.1 Å². The average molecular weight is 305 g/mol. The fraction of sp³-hybridized carbons (Fsp3) is 0.625. The number of carbonyl (C=O) groups is 1. The first-order valence-corrected chi connectivity index (χ1v) is 7.94. The van der Waals surface area contributed by atoms with Crippen LogP contribution in [0.4, 0.5) is 0 Å². The number of nitrogens with zero attached hydrogens (tertiary/aromatic N) is 3. The largest absolute Gasteiger partial charge is 0.391 e. The number of rotatable bonds is 2. The highest BCUT2D eigenvalue weighted by molar-refractivity contribution is 5.94. The zero-order valence-corrected chi connectivity index (χ0v) is 12.9. The fourth-order valence-electron chi connectivity index (χ4n) is 3.47. The van der Waals surface area contributed by atoms with Gasteiger partial charge in [-0.05, 0) is 25.3 Å². The lowest BCUT2D eigenvalue weighted by molar-refractivity contribution is 0.0315. The number of aryl methyl sites for hydroxylation is 1. The lowest BCUT2D eigenvalue weighted by Crippen LogP contribution is -2.53. The number of aliphatic hydroxyl groups excluding tert-OH is 1. The van der Waals surface area contributed by atoms with Crippen molar-refractivity contribution in [1.82, 2.24) is 14.4 Å². The van der Waals surface area contributed by atoms with Crippen molar-refractivity contribution in [1.29, 1.82) is 0 Å². The van der Waals surface area contributed by atoms with Gasteiger partial charge in [0.25, 0.3) is 11.5 Å². The highest BCUT2D eigenvalue weighted by atomic mass is 16.3. The highest BCUT2D eigenvalue weighted by Crippen LogP contribution is 2.25. The minimum atomic E-state index is -0.223. The number of aliphatic hydroxyl groups is 1. The number of amides is 1. The third-order valence-electron chi connectivity index (χ3n) is 4.87. The van der Waals surface area contributed by atoms with E-state index in [4.69, 9.17) is 0 Å². The van der Waals surface area contributed by atoms with Crippen LogP contribution in [0.25, 0.3) is 0 Å². The maximum absolute atomic E-state index is 12.5. The topological polar surface area (TPSA) is 65.8 Å². The zero-order valence-electron chi connectivity index (χ0n) is 12.9. The SMILES string of the molecule is Cn1ccc(C(=O)N2CCN([C@@H]3CCC[C@H]3O)CC2)cc1=O. The molecule has 1 aliphatic heterocycles. The predicted molar refractivity (Wildman–Crippen MR) is 82.8 cm³/mol. The summed E-state index contributed by atoms with van der Waals surface area (Å²) in [7, 11) is 1.67. The third kappa shape index (κ3) is 2.94. The van der Waals surface area contributed by atoms with Crippen LogP contribution >= 0.6 is 0 Å². The van der Waals surface area contributed by atoms with E-state index in [0.29, 0.717) is 18.7 Å². The van der Waals surface area contributed by atoms with Crippen LogP contribution in [0, 0.1) is 0 Å². The van der Waals surface area contributed by atoms with Gasteiger partial charge in [-0.3, -0.25) is 14.5 Å². The first-order valence-electron chi connectivity index (χ1n) is 7.94. The van der Waals surface area contributed by atoms with E-state index in [0.717, 1.165) is 32.4 Å². The van der Waals surface area contributed by atoms with E-state index in [9.17, 15) is 14.7 Å². The Morgan fingerprint density at radius 2 is 1.95 bits per heavy atom. The third-order valence-corrected chi connectivity index (χ3v) is 4.87. The Hall–Kier alpha value is -1.66. The molecule has 1 saturated heterocycles. The normalized spacial score (nSPS) is 26.4. The van der Waals surface area contributed by atoms with Gasteiger partial charge in [0.15, 0.2) is 0 Å². The van der Waals surface area contributed by atoms with Gasteiger partial charge in [-0.25, -0.2) is 0 Å². The van der Waals surface area contributed by atoms with Gasteiger partial charge in [-0.1, -0.05) is 0 Å². The molecule has 6 heteroatoms. The molecular weight excluding hydrogens is 282 g/mol. The molecule has 3 rings (SSSR count). The van der Waals surface area contributed by atoms with E-state index in [1.165, 1.54) is 10.6 Å². The molecule has 1 saturated carbocycles. The van der Waals surface area contributed by atoms with Crippen molar-refractivity contribution in [3.63, 3.8) is 0 Å². The Labute approximate surface area is 130 Å². The predicted octanol–water partition coefficient (Wildman–Crippen LogP) is 0.0565. The molecule has 2 heterocycles. The average Bonchev–Trinajstić information content (AvgIpc) is 2.95. The molecule has 0 spiro atoms. The van der Waals surface area contributed by atoms with Crippen molar-refractivity contribution in [3.8, 4) is 0 Å². The summed E-state index contributed by atoms with van der Waals surface area (Å²) in [6.07, 6.45) is 4.42. The van der Waals surface area contributed by atoms with Crippen LogP contribution in [0.3, 0.4) is 0 Å². The van der Waals surface area contributed by atoms with Crippen molar-refractivity contribution in [3.05, 3.63) is 34.2 Å². The number of pyridine rings is 1. The van der Waals surface area contributed by atoms with Crippen LogP contribution < -0.4 is 5.56 Å². The molecule has 0 bridgehead atoms. The summed E-state index contributed by atoms with van der Waals surface area (Å²) in [5.41, 5.74) is 0.288. The molecule has 0 radical (unpaired) electrons. The Kier molecular flexibility index (Phi) is 4.31. The van der Waals surface area contributed by atoms with E-state index >= 15 is 0 Å². The first-order chi connectivity index (χ1) is 10.6. The van der Waals surface area contributed by atoms with Gasteiger partial charge in [0.1, 0.15) is 0 Å². The number of carbonyl (C=O) groups excluding carboxylic acids is 1. The molecule has 6 nitrogen and oxygen atoms in total. The van der Waals surface area contributed by atoms with Crippen LogP contribution in [-0.4, -0.2) is 63.7 Å². The van der Waals surface area contributed by atoms with Gasteiger partial charge >= 0.3 is 0 Å². The Morgan fingerprint density at radius 3 is 2.55 bits per heavy atom. The van der Waals surface area contributed by atoms with E-state index < -0.39 is 0 Å². The summed E-state index contributed by atoms with van der Waals surface area (Å²) in [5, 5.41) is 9.99. The maximum Gasteiger partial charge on any atom is 0.254 e. The van der Waals surface area contributed by atoms with Crippen LogP contribution in [0.1, 0.15) is 29.6 Å². The summed E-state index contributed by atoms with van der Waals surface area (Å²) in [4.78, 5) is 28.2. The molecule has 22 heavy (non-hydrogen) atoms. The highest BCUT2D eigenvalue weighted by Gasteiger charge is 2.33. The Bertz CT molecular complexity index is 605. The molecule has 2 fully saturated rings. The molecule has 0 aromatic carbocycles. The van der Waals surface area contributed by atoms with Gasteiger partial charge < -0.3 is 14.6 Å². The minimum absolute atomic E-state index is 0.0793. The Morgan fingerprint density at radius 1 is 1.23 bits per heavy atom. The second kappa shape index (κ2) is 6.22. The molecule has 0 unspecified atom stereocenters. The van der Waals surface area contributed by atoms with Crippen LogP contribution in [-0.2, 0) is 7.05 Å². The number of hydrogen-bond donors (Lipinski definition) is 1. The summed E-state index contributed by atoms with van der Waals surface area (Å²) in [5.74, 6) is -0.0793. The first kappa shape index (κ1) is 15.2. The van der Waals surface area contributed by atoms with Gasteiger partial charge in [-0.2, -0.15) is 0 Å². The molecule has 1 aromatic rings. The van der Waals surface area contributed by atoms with Crippen molar-refractivity contribution in [2.24, 2.45) is 7.05 Å². The molecular formula is C16H23N3O3. The van der Waals surface area contributed by atoms with Gasteiger partial charge in [0.2, 0.25) is 0 Å². The number of piperazine rings is 1. The van der Waals surface area contributed by atoms with Crippen molar-refractivity contribution < 1.29 is 9.90 Å². The van der Waals surface area contributed by atoms with Crippen molar-refractivity contribution in [2.45, 2.75) is 31.4 Å². The number of aromatic nitrogens is 1. The van der Waals surface area contributed by atoms with Crippen LogP contribution in [0.5, 0.6) is 0 Å². The Balaban J connectivity index is 1.62. The lowest BCUT2D eigenvalue weighted by atomic mass is 10.1.